The standard InChI is InChI=1S/C16H17NO4/c18-14(12-6-2-1-3-7-12)9-4-10-15(19)21-16(20)13-8-5-11-17-13/h1-4,6-7,10,13,17H,5,8-9,11H2/t13-/m0/s1. The second-order valence-electron chi connectivity index (χ2n) is 4.78. The van der Waals surface area contributed by atoms with E-state index in [2.05, 4.69) is 10.1 Å². The highest BCUT2D eigenvalue weighted by Gasteiger charge is 2.24. The largest absolute Gasteiger partial charge is 0.389 e. The van der Waals surface area contributed by atoms with Gasteiger partial charge in [-0.25, -0.2) is 9.59 Å². The van der Waals surface area contributed by atoms with Gasteiger partial charge in [0, 0.05) is 18.1 Å². The van der Waals surface area contributed by atoms with Crippen LogP contribution >= 0.6 is 0 Å². The molecule has 0 aromatic heterocycles. The van der Waals surface area contributed by atoms with Crippen molar-refractivity contribution in [2.75, 3.05) is 6.54 Å². The van der Waals surface area contributed by atoms with Crippen molar-refractivity contribution in [3.8, 4) is 0 Å². The summed E-state index contributed by atoms with van der Waals surface area (Å²) in [5, 5.41) is 2.95. The highest BCUT2D eigenvalue weighted by atomic mass is 16.6. The molecule has 1 aliphatic rings. The minimum absolute atomic E-state index is 0.0922. The number of rotatable bonds is 5. The van der Waals surface area contributed by atoms with Crippen LogP contribution in [-0.2, 0) is 14.3 Å². The van der Waals surface area contributed by atoms with Crippen molar-refractivity contribution in [3.63, 3.8) is 0 Å². The fourth-order valence-electron chi connectivity index (χ4n) is 2.09. The first kappa shape index (κ1) is 15.1. The number of carbonyl (C=O) groups is 3. The Morgan fingerprint density at radius 3 is 2.67 bits per heavy atom. The van der Waals surface area contributed by atoms with Gasteiger partial charge < -0.3 is 10.1 Å². The molecule has 1 aliphatic heterocycles. The van der Waals surface area contributed by atoms with Crippen molar-refractivity contribution in [1.29, 1.82) is 0 Å². The first-order chi connectivity index (χ1) is 10.2. The average Bonchev–Trinajstić information content (AvgIpc) is 3.02. The lowest BCUT2D eigenvalue weighted by Crippen LogP contribution is -2.33. The molecule has 0 radical (unpaired) electrons. The Hall–Kier alpha value is -2.27. The minimum atomic E-state index is -0.741. The molecule has 5 heteroatoms. The summed E-state index contributed by atoms with van der Waals surface area (Å²) >= 11 is 0. The van der Waals surface area contributed by atoms with E-state index in [-0.39, 0.29) is 12.2 Å². The van der Waals surface area contributed by atoms with E-state index >= 15 is 0 Å². The number of allylic oxidation sites excluding steroid dienone is 1. The van der Waals surface area contributed by atoms with Crippen LogP contribution in [-0.4, -0.2) is 30.3 Å². The van der Waals surface area contributed by atoms with Crippen molar-refractivity contribution in [1.82, 2.24) is 5.32 Å². The molecule has 0 bridgehead atoms. The maximum absolute atomic E-state index is 11.8. The summed E-state index contributed by atoms with van der Waals surface area (Å²) < 4.78 is 4.68. The SMILES string of the molecule is O=C(C=CCC(=O)c1ccccc1)OC(=O)[C@@H]1CCCN1. The fourth-order valence-corrected chi connectivity index (χ4v) is 2.09. The van der Waals surface area contributed by atoms with Crippen LogP contribution in [0.25, 0.3) is 0 Å². The number of carbonyl (C=O) groups excluding carboxylic acids is 3. The predicted molar refractivity (Wildman–Crippen MR) is 76.7 cm³/mol. The summed E-state index contributed by atoms with van der Waals surface area (Å²) in [5.41, 5.74) is 0.585. The third kappa shape index (κ3) is 4.65. The third-order valence-electron chi connectivity index (χ3n) is 3.20. The van der Waals surface area contributed by atoms with E-state index in [0.717, 1.165) is 19.0 Å². The van der Waals surface area contributed by atoms with E-state index in [0.29, 0.717) is 12.0 Å². The Morgan fingerprint density at radius 2 is 2.00 bits per heavy atom. The maximum atomic E-state index is 11.8. The van der Waals surface area contributed by atoms with Crippen LogP contribution in [0.3, 0.4) is 0 Å². The zero-order valence-electron chi connectivity index (χ0n) is 11.6. The zero-order chi connectivity index (χ0) is 15.1. The molecule has 1 heterocycles. The van der Waals surface area contributed by atoms with E-state index in [1.807, 2.05) is 6.07 Å². The van der Waals surface area contributed by atoms with Crippen LogP contribution in [0.4, 0.5) is 0 Å². The highest BCUT2D eigenvalue weighted by molar-refractivity contribution is 5.98. The summed E-state index contributed by atoms with van der Waals surface area (Å²) in [5.74, 6) is -1.39. The van der Waals surface area contributed by atoms with Gasteiger partial charge in [-0.05, 0) is 19.4 Å². The second kappa shape index (κ2) is 7.50. The molecule has 0 spiro atoms. The van der Waals surface area contributed by atoms with Crippen LogP contribution in [0, 0.1) is 0 Å². The van der Waals surface area contributed by atoms with E-state index in [9.17, 15) is 14.4 Å². The number of Topliss-reactive ketones (excluding diaryl/α,β-unsaturated/α-hetero) is 1. The molecule has 1 aromatic rings. The third-order valence-corrected chi connectivity index (χ3v) is 3.20. The predicted octanol–water partition coefficient (Wildman–Crippen LogP) is 1.64. The van der Waals surface area contributed by atoms with Gasteiger partial charge in [0.1, 0.15) is 6.04 Å². The molecule has 5 nitrogen and oxygen atoms in total. The van der Waals surface area contributed by atoms with Gasteiger partial charge in [0.25, 0.3) is 0 Å². The number of hydrogen-bond donors (Lipinski definition) is 1. The molecule has 1 N–H and O–H groups in total. The quantitative estimate of drug-likeness (QED) is 0.386. The Bertz CT molecular complexity index is 545. The van der Waals surface area contributed by atoms with Crippen LogP contribution in [0.1, 0.15) is 29.6 Å². The molecular weight excluding hydrogens is 270 g/mol. The molecule has 0 unspecified atom stereocenters. The maximum Gasteiger partial charge on any atom is 0.338 e. The van der Waals surface area contributed by atoms with Crippen molar-refractivity contribution in [3.05, 3.63) is 48.0 Å². The monoisotopic (exact) mass is 287 g/mol. The summed E-state index contributed by atoms with van der Waals surface area (Å²) in [4.78, 5) is 34.8. The second-order valence-corrected chi connectivity index (χ2v) is 4.78. The van der Waals surface area contributed by atoms with Crippen molar-refractivity contribution in [2.45, 2.75) is 25.3 Å². The lowest BCUT2D eigenvalue weighted by molar-refractivity contribution is -0.157. The molecule has 1 saturated heterocycles. The van der Waals surface area contributed by atoms with E-state index < -0.39 is 18.0 Å². The highest BCUT2D eigenvalue weighted by Crippen LogP contribution is 2.07. The molecule has 1 fully saturated rings. The fraction of sp³-hybridized carbons (Fsp3) is 0.312. The first-order valence-corrected chi connectivity index (χ1v) is 6.90. The number of nitrogens with one attached hydrogen (secondary N) is 1. The molecule has 110 valence electrons. The van der Waals surface area contributed by atoms with E-state index in [4.69, 9.17) is 0 Å². The topological polar surface area (TPSA) is 72.5 Å². The number of ketones is 1. The van der Waals surface area contributed by atoms with Crippen molar-refractivity contribution in [2.24, 2.45) is 0 Å². The van der Waals surface area contributed by atoms with Crippen LogP contribution in [0.15, 0.2) is 42.5 Å². The lowest BCUT2D eigenvalue weighted by atomic mass is 10.1. The minimum Gasteiger partial charge on any atom is -0.389 e. The van der Waals surface area contributed by atoms with Crippen LogP contribution in [0.5, 0.6) is 0 Å². The van der Waals surface area contributed by atoms with Gasteiger partial charge in [-0.3, -0.25) is 4.79 Å². The van der Waals surface area contributed by atoms with Crippen LogP contribution < -0.4 is 5.32 Å². The number of esters is 2. The molecular formula is C16H17NO4. The molecule has 21 heavy (non-hydrogen) atoms. The summed E-state index contributed by atoms with van der Waals surface area (Å²) in [6.07, 6.45) is 4.20. The van der Waals surface area contributed by atoms with Crippen molar-refractivity contribution < 1.29 is 19.1 Å². The van der Waals surface area contributed by atoms with Gasteiger partial charge >= 0.3 is 11.9 Å². The molecule has 0 saturated carbocycles. The van der Waals surface area contributed by atoms with Gasteiger partial charge in [0.2, 0.25) is 0 Å². The van der Waals surface area contributed by atoms with Gasteiger partial charge in [-0.15, -0.1) is 0 Å². The molecule has 1 aromatic carbocycles. The van der Waals surface area contributed by atoms with Gasteiger partial charge in [0.05, 0.1) is 0 Å². The molecule has 2 rings (SSSR count). The Labute approximate surface area is 123 Å². The molecule has 1 atom stereocenters. The normalized spacial score (nSPS) is 17.8. The summed E-state index contributed by atoms with van der Waals surface area (Å²) in [6.45, 7) is 0.759. The van der Waals surface area contributed by atoms with Crippen molar-refractivity contribution >= 4 is 17.7 Å². The smallest absolute Gasteiger partial charge is 0.338 e. The molecule has 0 amide bonds. The van der Waals surface area contributed by atoms with Crippen LogP contribution in [0.2, 0.25) is 0 Å². The number of hydrogen-bond acceptors (Lipinski definition) is 5. The Balaban J connectivity index is 1.77. The Morgan fingerprint density at radius 1 is 1.24 bits per heavy atom. The molecule has 0 aliphatic carbocycles. The van der Waals surface area contributed by atoms with E-state index in [1.165, 1.54) is 6.08 Å². The van der Waals surface area contributed by atoms with E-state index in [1.54, 1.807) is 24.3 Å². The van der Waals surface area contributed by atoms with Gasteiger partial charge in [-0.2, -0.15) is 0 Å². The average molecular weight is 287 g/mol. The Kier molecular flexibility index (Phi) is 5.40. The summed E-state index contributed by atoms with van der Waals surface area (Å²) in [7, 11) is 0. The lowest BCUT2D eigenvalue weighted by Gasteiger charge is -2.06. The number of benzene rings is 1. The number of ether oxygens (including phenoxy) is 1. The van der Waals surface area contributed by atoms with Gasteiger partial charge in [0.15, 0.2) is 5.78 Å². The van der Waals surface area contributed by atoms with Gasteiger partial charge in [-0.1, -0.05) is 36.4 Å². The zero-order valence-corrected chi connectivity index (χ0v) is 11.6. The summed E-state index contributed by atoms with van der Waals surface area (Å²) in [6, 6.07) is 8.41. The first-order valence-electron chi connectivity index (χ1n) is 6.90.